The normalized spacial score (nSPS) is 11.3. The van der Waals surface area contributed by atoms with Gasteiger partial charge in [-0.2, -0.15) is 0 Å². The van der Waals surface area contributed by atoms with Gasteiger partial charge in [0.05, 0.1) is 0 Å². The Hall–Kier alpha value is -2.68. The highest BCUT2D eigenvalue weighted by molar-refractivity contribution is 8.00. The van der Waals surface area contributed by atoms with E-state index in [9.17, 15) is 0 Å². The summed E-state index contributed by atoms with van der Waals surface area (Å²) in [5, 5.41) is 5.27. The molecule has 0 saturated heterocycles. The van der Waals surface area contributed by atoms with Gasteiger partial charge in [0, 0.05) is 19.6 Å². The van der Waals surface area contributed by atoms with Crippen molar-refractivity contribution in [2.75, 3.05) is 0 Å². The van der Waals surface area contributed by atoms with Crippen molar-refractivity contribution in [3.8, 4) is 0 Å². The van der Waals surface area contributed by atoms with Gasteiger partial charge in [0.25, 0.3) is 0 Å². The summed E-state index contributed by atoms with van der Waals surface area (Å²) in [5.41, 5.74) is 2.58. The van der Waals surface area contributed by atoms with Gasteiger partial charge in [-0.05, 0) is 59.7 Å². The zero-order valence-corrected chi connectivity index (χ0v) is 18.7. The molecule has 0 saturated carbocycles. The molecular formula is C28H22S2. The molecule has 0 N–H and O–H groups in total. The Morgan fingerprint density at radius 3 is 1.13 bits per heavy atom. The molecule has 5 aromatic carbocycles. The maximum absolute atomic E-state index is 2.27. The summed E-state index contributed by atoms with van der Waals surface area (Å²) in [5.74, 6) is 0. The Morgan fingerprint density at radius 2 is 0.800 bits per heavy atom. The first-order valence-corrected chi connectivity index (χ1v) is 11.7. The van der Waals surface area contributed by atoms with Gasteiger partial charge in [-0.15, -0.1) is 0 Å². The lowest BCUT2D eigenvalue weighted by atomic mass is 10.0. The van der Waals surface area contributed by atoms with E-state index < -0.39 is 0 Å². The van der Waals surface area contributed by atoms with Crippen LogP contribution in [0.4, 0.5) is 0 Å². The third kappa shape index (κ3) is 3.74. The second-order valence-corrected chi connectivity index (χ2v) is 9.75. The molecule has 146 valence electrons. The molecule has 0 heterocycles. The molecule has 2 heteroatoms. The lowest BCUT2D eigenvalue weighted by Gasteiger charge is -2.16. The first-order chi connectivity index (χ1) is 14.7. The van der Waals surface area contributed by atoms with Gasteiger partial charge in [0.15, 0.2) is 0 Å². The molecular weight excluding hydrogens is 400 g/mol. The largest absolute Gasteiger partial charge is 0.0888 e. The summed E-state index contributed by atoms with van der Waals surface area (Å²) in [6.07, 6.45) is 0. The van der Waals surface area contributed by atoms with Crippen molar-refractivity contribution in [3.63, 3.8) is 0 Å². The van der Waals surface area contributed by atoms with Crippen LogP contribution in [0.1, 0.15) is 11.1 Å². The summed E-state index contributed by atoms with van der Waals surface area (Å²) in [6, 6.07) is 35.2. The van der Waals surface area contributed by atoms with Crippen LogP contribution in [0.15, 0.2) is 117 Å². The highest BCUT2D eigenvalue weighted by atomic mass is 32.2. The van der Waals surface area contributed by atoms with Gasteiger partial charge < -0.3 is 0 Å². The van der Waals surface area contributed by atoms with Crippen LogP contribution >= 0.6 is 23.5 Å². The minimum absolute atomic E-state index is 1.28. The van der Waals surface area contributed by atoms with Crippen molar-refractivity contribution in [1.29, 1.82) is 0 Å². The SMILES string of the molecule is Cc1cccc(Sc2c3ccccc3c(Sc3cccc(C)c3)c3ccccc23)c1. The van der Waals surface area contributed by atoms with Crippen LogP contribution < -0.4 is 0 Å². The van der Waals surface area contributed by atoms with Crippen molar-refractivity contribution in [2.45, 2.75) is 33.4 Å². The molecule has 0 unspecified atom stereocenters. The van der Waals surface area contributed by atoms with Gasteiger partial charge in [-0.3, -0.25) is 0 Å². The molecule has 0 aliphatic carbocycles. The number of hydrogen-bond acceptors (Lipinski definition) is 2. The van der Waals surface area contributed by atoms with Gasteiger partial charge in [-0.25, -0.2) is 0 Å². The fraction of sp³-hybridized carbons (Fsp3) is 0.0714. The summed E-state index contributed by atoms with van der Waals surface area (Å²) >= 11 is 3.74. The van der Waals surface area contributed by atoms with Gasteiger partial charge in [0.2, 0.25) is 0 Å². The molecule has 0 fully saturated rings. The van der Waals surface area contributed by atoms with E-state index >= 15 is 0 Å². The van der Waals surface area contributed by atoms with E-state index in [2.05, 4.69) is 111 Å². The molecule has 5 aromatic rings. The third-order valence-corrected chi connectivity index (χ3v) is 7.52. The Balaban J connectivity index is 1.76. The summed E-state index contributed by atoms with van der Waals surface area (Å²) in [7, 11) is 0. The first-order valence-electron chi connectivity index (χ1n) is 10.1. The second-order valence-electron chi connectivity index (χ2n) is 7.59. The third-order valence-electron chi connectivity index (χ3n) is 5.25. The lowest BCUT2D eigenvalue weighted by Crippen LogP contribution is -1.88. The Labute approximate surface area is 186 Å². The van der Waals surface area contributed by atoms with E-state index in [1.807, 2.05) is 23.5 Å². The van der Waals surface area contributed by atoms with Crippen LogP contribution in [0, 0.1) is 13.8 Å². The van der Waals surface area contributed by atoms with Crippen molar-refractivity contribution in [3.05, 3.63) is 108 Å². The highest BCUT2D eigenvalue weighted by Gasteiger charge is 2.15. The number of hydrogen-bond donors (Lipinski definition) is 0. The minimum Gasteiger partial charge on any atom is -0.0888 e. The Kier molecular flexibility index (Phi) is 5.28. The summed E-state index contributed by atoms with van der Waals surface area (Å²) in [6.45, 7) is 4.31. The zero-order chi connectivity index (χ0) is 20.5. The van der Waals surface area contributed by atoms with Crippen LogP contribution in [0.2, 0.25) is 0 Å². The van der Waals surface area contributed by atoms with Crippen molar-refractivity contribution < 1.29 is 0 Å². The molecule has 0 atom stereocenters. The maximum Gasteiger partial charge on any atom is 0.0280 e. The molecule has 0 amide bonds. The number of benzene rings is 5. The van der Waals surface area contributed by atoms with Gasteiger partial charge in [0.1, 0.15) is 0 Å². The van der Waals surface area contributed by atoms with Gasteiger partial charge in [-0.1, -0.05) is 107 Å². The van der Waals surface area contributed by atoms with Crippen molar-refractivity contribution in [1.82, 2.24) is 0 Å². The molecule has 0 spiro atoms. The Morgan fingerprint density at radius 1 is 0.433 bits per heavy atom. The topological polar surface area (TPSA) is 0 Å². The average Bonchev–Trinajstić information content (AvgIpc) is 2.76. The standard InChI is InChI=1S/C28H22S2/c1-19-9-7-11-21(17-19)29-27-23-13-3-5-15-25(23)28(26-16-6-4-14-24(26)27)30-22-12-8-10-20(2)18-22/h3-18H,1-2H3. The fourth-order valence-electron chi connectivity index (χ4n) is 3.86. The van der Waals surface area contributed by atoms with E-state index in [4.69, 9.17) is 0 Å². The number of rotatable bonds is 4. The minimum atomic E-state index is 1.28. The van der Waals surface area contributed by atoms with Crippen LogP contribution in [0.5, 0.6) is 0 Å². The quantitative estimate of drug-likeness (QED) is 0.265. The van der Waals surface area contributed by atoms with Crippen LogP contribution in [-0.2, 0) is 0 Å². The molecule has 0 aromatic heterocycles. The van der Waals surface area contributed by atoms with E-state index in [0.717, 1.165) is 0 Å². The second kappa shape index (κ2) is 8.22. The predicted octanol–water partition coefficient (Wildman–Crippen LogP) is 8.91. The first kappa shape index (κ1) is 19.3. The fourth-order valence-corrected chi connectivity index (χ4v) is 6.27. The van der Waals surface area contributed by atoms with Crippen molar-refractivity contribution in [2.24, 2.45) is 0 Å². The smallest absolute Gasteiger partial charge is 0.0280 e. The average molecular weight is 423 g/mol. The molecule has 5 rings (SSSR count). The molecule has 0 radical (unpaired) electrons. The molecule has 0 nitrogen and oxygen atoms in total. The van der Waals surface area contributed by atoms with Crippen molar-refractivity contribution >= 4 is 45.1 Å². The number of fused-ring (bicyclic) bond motifs is 2. The maximum atomic E-state index is 2.27. The monoisotopic (exact) mass is 422 g/mol. The van der Waals surface area contributed by atoms with E-state index in [1.54, 1.807) is 0 Å². The highest BCUT2D eigenvalue weighted by Crippen LogP contribution is 2.46. The predicted molar refractivity (Wildman–Crippen MR) is 132 cm³/mol. The zero-order valence-electron chi connectivity index (χ0n) is 17.1. The molecule has 0 aliphatic rings. The van der Waals surface area contributed by atoms with Crippen LogP contribution in [-0.4, -0.2) is 0 Å². The van der Waals surface area contributed by atoms with E-state index in [1.165, 1.54) is 52.3 Å². The molecule has 0 bridgehead atoms. The number of aryl methyl sites for hydroxylation is 2. The summed E-state index contributed by atoms with van der Waals surface area (Å²) in [4.78, 5) is 5.23. The molecule has 0 aliphatic heterocycles. The van der Waals surface area contributed by atoms with Crippen LogP contribution in [0.3, 0.4) is 0 Å². The van der Waals surface area contributed by atoms with Crippen LogP contribution in [0.25, 0.3) is 21.5 Å². The summed E-state index contributed by atoms with van der Waals surface area (Å²) < 4.78 is 0. The van der Waals surface area contributed by atoms with E-state index in [-0.39, 0.29) is 0 Å². The van der Waals surface area contributed by atoms with E-state index in [0.29, 0.717) is 0 Å². The lowest BCUT2D eigenvalue weighted by molar-refractivity contribution is 1.35. The Bertz CT molecular complexity index is 1210. The van der Waals surface area contributed by atoms with Gasteiger partial charge >= 0.3 is 0 Å². The molecule has 30 heavy (non-hydrogen) atoms.